The molecule has 21 heavy (non-hydrogen) atoms. The van der Waals surface area contributed by atoms with Crippen LogP contribution >= 0.6 is 0 Å². The van der Waals surface area contributed by atoms with Crippen LogP contribution in [0.4, 0.5) is 0 Å². The van der Waals surface area contributed by atoms with Crippen molar-refractivity contribution in [3.63, 3.8) is 0 Å². The number of rotatable bonds is 5. The number of nitrogens with zero attached hydrogens (tertiary/aromatic N) is 4. The highest BCUT2D eigenvalue weighted by molar-refractivity contribution is 5.93. The van der Waals surface area contributed by atoms with Gasteiger partial charge in [-0.05, 0) is 6.42 Å². The van der Waals surface area contributed by atoms with E-state index in [9.17, 15) is 4.79 Å². The van der Waals surface area contributed by atoms with Gasteiger partial charge in [-0.2, -0.15) is 5.26 Å². The number of ether oxygens (including phenoxy) is 1. The number of aromatic nitrogens is 2. The molecule has 1 aliphatic rings. The van der Waals surface area contributed by atoms with Gasteiger partial charge in [0, 0.05) is 38.4 Å². The van der Waals surface area contributed by atoms with Gasteiger partial charge in [-0.15, -0.1) is 0 Å². The van der Waals surface area contributed by atoms with Crippen molar-refractivity contribution >= 4 is 5.91 Å². The normalized spacial score (nSPS) is 18.3. The fourth-order valence-corrected chi connectivity index (χ4v) is 2.35. The lowest BCUT2D eigenvalue weighted by molar-refractivity contribution is -0.00867. The van der Waals surface area contributed by atoms with Crippen molar-refractivity contribution in [3.8, 4) is 6.07 Å². The van der Waals surface area contributed by atoms with Gasteiger partial charge >= 0.3 is 0 Å². The molecule has 0 aromatic carbocycles. The molecule has 112 valence electrons. The minimum absolute atomic E-state index is 0.000432. The van der Waals surface area contributed by atoms with Crippen LogP contribution in [0.3, 0.4) is 0 Å². The second-order valence-electron chi connectivity index (χ2n) is 4.75. The first-order valence-electron chi connectivity index (χ1n) is 6.94. The molecule has 1 amide bonds. The lowest BCUT2D eigenvalue weighted by atomic mass is 10.1. The smallest absolute Gasteiger partial charge is 0.274 e. The zero-order valence-corrected chi connectivity index (χ0v) is 11.7. The molecule has 7 nitrogen and oxygen atoms in total. The molecular formula is C14H18N4O3. The molecule has 2 rings (SSSR count). The summed E-state index contributed by atoms with van der Waals surface area (Å²) in [5, 5.41) is 17.8. The Kier molecular flexibility index (Phi) is 5.60. The van der Waals surface area contributed by atoms with Crippen molar-refractivity contribution in [2.45, 2.75) is 25.3 Å². The molecule has 0 aliphatic carbocycles. The standard InChI is InChI=1S/C14H18N4O3/c15-4-1-2-12-13(17-6-5-16-12)14(20)18-7-9-21-10-11(18)3-8-19/h5-6,11,19H,1-3,7-10H2/t11-/m1/s1. The van der Waals surface area contributed by atoms with E-state index in [1.54, 1.807) is 4.90 Å². The molecule has 1 aromatic heterocycles. The van der Waals surface area contributed by atoms with Gasteiger partial charge in [0.25, 0.3) is 5.91 Å². The van der Waals surface area contributed by atoms with E-state index in [2.05, 4.69) is 9.97 Å². The quantitative estimate of drug-likeness (QED) is 0.829. The van der Waals surface area contributed by atoms with Gasteiger partial charge in [0.15, 0.2) is 0 Å². The number of aryl methyl sites for hydroxylation is 1. The first kappa shape index (κ1) is 15.4. The zero-order chi connectivity index (χ0) is 15.1. The monoisotopic (exact) mass is 290 g/mol. The van der Waals surface area contributed by atoms with Gasteiger partial charge in [0.1, 0.15) is 5.69 Å². The lowest BCUT2D eigenvalue weighted by Crippen LogP contribution is -2.49. The van der Waals surface area contributed by atoms with Crippen LogP contribution in [-0.4, -0.2) is 58.3 Å². The Morgan fingerprint density at radius 3 is 3.10 bits per heavy atom. The molecule has 0 radical (unpaired) electrons. The molecule has 1 aromatic rings. The summed E-state index contributed by atoms with van der Waals surface area (Å²) in [4.78, 5) is 22.6. The van der Waals surface area contributed by atoms with Crippen LogP contribution in [-0.2, 0) is 11.2 Å². The van der Waals surface area contributed by atoms with E-state index >= 15 is 0 Å². The molecule has 0 bridgehead atoms. The SMILES string of the molecule is N#CCCc1nccnc1C(=O)N1CCOC[C@H]1CCO. The number of carbonyl (C=O) groups is 1. The van der Waals surface area contributed by atoms with Crippen LogP contribution in [0.5, 0.6) is 0 Å². The number of aliphatic hydroxyl groups excluding tert-OH is 1. The van der Waals surface area contributed by atoms with E-state index in [0.717, 1.165) is 0 Å². The molecule has 0 unspecified atom stereocenters. The van der Waals surface area contributed by atoms with Crippen molar-refractivity contribution in [1.82, 2.24) is 14.9 Å². The number of nitriles is 1. The van der Waals surface area contributed by atoms with Gasteiger partial charge < -0.3 is 14.7 Å². The van der Waals surface area contributed by atoms with Crippen LogP contribution in [0.1, 0.15) is 29.0 Å². The Morgan fingerprint density at radius 1 is 1.52 bits per heavy atom. The van der Waals surface area contributed by atoms with Crippen molar-refractivity contribution in [2.75, 3.05) is 26.4 Å². The van der Waals surface area contributed by atoms with E-state index in [4.69, 9.17) is 15.1 Å². The molecule has 7 heteroatoms. The maximum atomic E-state index is 12.7. The summed E-state index contributed by atoms with van der Waals surface area (Å²) in [5.41, 5.74) is 0.830. The number of aliphatic hydroxyl groups is 1. The average Bonchev–Trinajstić information content (AvgIpc) is 2.53. The minimum atomic E-state index is -0.210. The third-order valence-corrected chi connectivity index (χ3v) is 3.40. The maximum Gasteiger partial charge on any atom is 0.274 e. The third-order valence-electron chi connectivity index (χ3n) is 3.40. The van der Waals surface area contributed by atoms with E-state index in [1.165, 1.54) is 12.4 Å². The van der Waals surface area contributed by atoms with Crippen molar-refractivity contribution in [3.05, 3.63) is 23.8 Å². The molecule has 1 saturated heterocycles. The summed E-state index contributed by atoms with van der Waals surface area (Å²) in [6, 6.07) is 1.89. The van der Waals surface area contributed by atoms with Gasteiger partial charge in [0.2, 0.25) is 0 Å². The molecule has 1 atom stereocenters. The van der Waals surface area contributed by atoms with E-state index in [-0.39, 0.29) is 24.2 Å². The summed E-state index contributed by atoms with van der Waals surface area (Å²) in [5.74, 6) is -0.210. The summed E-state index contributed by atoms with van der Waals surface area (Å²) < 4.78 is 5.36. The number of hydrogen-bond donors (Lipinski definition) is 1. The molecule has 1 aliphatic heterocycles. The van der Waals surface area contributed by atoms with E-state index < -0.39 is 0 Å². The number of amides is 1. The largest absolute Gasteiger partial charge is 0.396 e. The van der Waals surface area contributed by atoms with Crippen molar-refractivity contribution in [2.24, 2.45) is 0 Å². The third kappa shape index (κ3) is 3.74. The predicted molar refractivity (Wildman–Crippen MR) is 73.3 cm³/mol. The molecule has 2 heterocycles. The van der Waals surface area contributed by atoms with Crippen LogP contribution in [0, 0.1) is 11.3 Å². The summed E-state index contributed by atoms with van der Waals surface area (Å²) in [6.07, 6.45) is 4.17. The van der Waals surface area contributed by atoms with Crippen LogP contribution in [0.25, 0.3) is 0 Å². The van der Waals surface area contributed by atoms with Crippen molar-refractivity contribution < 1.29 is 14.6 Å². The molecule has 0 spiro atoms. The zero-order valence-electron chi connectivity index (χ0n) is 11.7. The van der Waals surface area contributed by atoms with Crippen LogP contribution in [0.15, 0.2) is 12.4 Å². The van der Waals surface area contributed by atoms with Gasteiger partial charge in [0.05, 0.1) is 31.0 Å². The first-order chi connectivity index (χ1) is 10.3. The number of morpholine rings is 1. The molecular weight excluding hydrogens is 272 g/mol. The van der Waals surface area contributed by atoms with Crippen molar-refractivity contribution in [1.29, 1.82) is 5.26 Å². The Hall–Kier alpha value is -2.04. The Bertz CT molecular complexity index is 527. The van der Waals surface area contributed by atoms with Crippen LogP contribution in [0.2, 0.25) is 0 Å². The Labute approximate surface area is 123 Å². The second kappa shape index (κ2) is 7.67. The maximum absolute atomic E-state index is 12.7. The topological polar surface area (TPSA) is 99.3 Å². The van der Waals surface area contributed by atoms with Gasteiger partial charge in [-0.25, -0.2) is 4.98 Å². The predicted octanol–water partition coefficient (Wildman–Crippen LogP) is 0.156. The summed E-state index contributed by atoms with van der Waals surface area (Å²) in [7, 11) is 0. The van der Waals surface area contributed by atoms with Crippen LogP contribution < -0.4 is 0 Å². The lowest BCUT2D eigenvalue weighted by Gasteiger charge is -2.35. The van der Waals surface area contributed by atoms with Gasteiger partial charge in [-0.3, -0.25) is 9.78 Å². The highest BCUT2D eigenvalue weighted by Gasteiger charge is 2.29. The molecule has 1 N–H and O–H groups in total. The number of hydrogen-bond acceptors (Lipinski definition) is 6. The summed E-state index contributed by atoms with van der Waals surface area (Å²) >= 11 is 0. The fourth-order valence-electron chi connectivity index (χ4n) is 2.35. The average molecular weight is 290 g/mol. The first-order valence-corrected chi connectivity index (χ1v) is 6.94. The highest BCUT2D eigenvalue weighted by atomic mass is 16.5. The highest BCUT2D eigenvalue weighted by Crippen LogP contribution is 2.16. The fraction of sp³-hybridized carbons (Fsp3) is 0.571. The Balaban J connectivity index is 2.20. The van der Waals surface area contributed by atoms with Gasteiger partial charge in [-0.1, -0.05) is 0 Å². The molecule has 1 fully saturated rings. The van der Waals surface area contributed by atoms with E-state index in [1.807, 2.05) is 6.07 Å². The second-order valence-corrected chi connectivity index (χ2v) is 4.75. The molecule has 0 saturated carbocycles. The van der Waals surface area contributed by atoms with E-state index in [0.29, 0.717) is 44.7 Å². The minimum Gasteiger partial charge on any atom is -0.396 e. The summed E-state index contributed by atoms with van der Waals surface area (Å²) in [6.45, 7) is 1.36. The number of carbonyl (C=O) groups excluding carboxylic acids is 1. The Morgan fingerprint density at radius 2 is 2.33 bits per heavy atom.